The summed E-state index contributed by atoms with van der Waals surface area (Å²) in [5.74, 6) is 1.09. The average Bonchev–Trinajstić information content (AvgIpc) is 2.18. The number of benzene rings is 1. The topological polar surface area (TPSA) is 40.4 Å². The van der Waals surface area contributed by atoms with Crippen LogP contribution in [-0.2, 0) is 0 Å². The Hall–Kier alpha value is -1.51. The van der Waals surface area contributed by atoms with Crippen LogP contribution in [0.25, 0.3) is 0 Å². The van der Waals surface area contributed by atoms with Crippen molar-refractivity contribution in [2.75, 3.05) is 6.54 Å². The van der Waals surface area contributed by atoms with E-state index in [1.807, 2.05) is 18.2 Å². The standard InChI is InChI=1S/C12H16NO2/c1-10(2)8-9-13-12(14)15-11-6-4-3-5-7-11/h3-7,10H,8-9H2,1-2H3. The van der Waals surface area contributed by atoms with Crippen LogP contribution in [0, 0.1) is 5.92 Å². The van der Waals surface area contributed by atoms with Crippen LogP contribution in [0.3, 0.4) is 0 Å². The Morgan fingerprint density at radius 2 is 2.00 bits per heavy atom. The van der Waals surface area contributed by atoms with Gasteiger partial charge in [0.2, 0.25) is 0 Å². The van der Waals surface area contributed by atoms with Gasteiger partial charge in [-0.3, -0.25) is 0 Å². The molecule has 81 valence electrons. The van der Waals surface area contributed by atoms with Crippen LogP contribution in [0.5, 0.6) is 5.75 Å². The summed E-state index contributed by atoms with van der Waals surface area (Å²) in [6.07, 6.45) is 0.394. The van der Waals surface area contributed by atoms with E-state index >= 15 is 0 Å². The number of para-hydroxylation sites is 1. The molecule has 0 saturated heterocycles. The zero-order chi connectivity index (χ0) is 11.1. The fourth-order valence-corrected chi connectivity index (χ4v) is 1.04. The molecule has 0 N–H and O–H groups in total. The normalized spacial score (nSPS) is 10.1. The fourth-order valence-electron chi connectivity index (χ4n) is 1.04. The quantitative estimate of drug-likeness (QED) is 0.760. The molecule has 0 heterocycles. The van der Waals surface area contributed by atoms with E-state index in [1.54, 1.807) is 12.1 Å². The third-order valence-corrected chi connectivity index (χ3v) is 1.90. The SMILES string of the molecule is CC(C)CC[N]C(=O)Oc1ccccc1. The Balaban J connectivity index is 2.25. The van der Waals surface area contributed by atoms with Crippen LogP contribution in [-0.4, -0.2) is 12.6 Å². The molecule has 0 bridgehead atoms. The predicted molar refractivity (Wildman–Crippen MR) is 58.9 cm³/mol. The van der Waals surface area contributed by atoms with Gasteiger partial charge in [-0.05, 0) is 24.5 Å². The van der Waals surface area contributed by atoms with Gasteiger partial charge in [0.05, 0.1) is 0 Å². The Labute approximate surface area is 90.4 Å². The first-order valence-electron chi connectivity index (χ1n) is 5.13. The molecule has 15 heavy (non-hydrogen) atoms. The molecule has 3 heteroatoms. The molecule has 0 fully saturated rings. The molecule has 1 radical (unpaired) electrons. The summed E-state index contributed by atoms with van der Waals surface area (Å²) in [4.78, 5) is 11.2. The predicted octanol–water partition coefficient (Wildman–Crippen LogP) is 2.84. The van der Waals surface area contributed by atoms with E-state index in [2.05, 4.69) is 19.2 Å². The largest absolute Gasteiger partial charge is 0.434 e. The zero-order valence-corrected chi connectivity index (χ0v) is 9.14. The summed E-state index contributed by atoms with van der Waals surface area (Å²) in [5.41, 5.74) is 0. The van der Waals surface area contributed by atoms with E-state index in [0.29, 0.717) is 18.2 Å². The lowest BCUT2D eigenvalue weighted by Crippen LogP contribution is -2.21. The van der Waals surface area contributed by atoms with Gasteiger partial charge in [0.15, 0.2) is 0 Å². The maximum atomic E-state index is 11.2. The maximum absolute atomic E-state index is 11.2. The molecule has 0 atom stereocenters. The van der Waals surface area contributed by atoms with Crippen molar-refractivity contribution < 1.29 is 9.53 Å². The van der Waals surface area contributed by atoms with Gasteiger partial charge in [-0.2, -0.15) is 0 Å². The minimum absolute atomic E-state index is 0.512. The number of carbonyl (C=O) groups excluding carboxylic acids is 1. The van der Waals surface area contributed by atoms with Crippen molar-refractivity contribution in [3.8, 4) is 5.75 Å². The van der Waals surface area contributed by atoms with Gasteiger partial charge in [-0.1, -0.05) is 32.0 Å². The van der Waals surface area contributed by atoms with Gasteiger partial charge in [0.1, 0.15) is 5.75 Å². The third kappa shape index (κ3) is 5.05. The highest BCUT2D eigenvalue weighted by molar-refractivity contribution is 5.69. The molecular weight excluding hydrogens is 190 g/mol. The van der Waals surface area contributed by atoms with E-state index in [4.69, 9.17) is 4.74 Å². The lowest BCUT2D eigenvalue weighted by Gasteiger charge is -2.05. The number of rotatable bonds is 4. The summed E-state index contributed by atoms with van der Waals surface area (Å²) >= 11 is 0. The molecule has 3 nitrogen and oxygen atoms in total. The van der Waals surface area contributed by atoms with E-state index in [0.717, 1.165) is 6.42 Å². The van der Waals surface area contributed by atoms with Gasteiger partial charge in [0.25, 0.3) is 0 Å². The van der Waals surface area contributed by atoms with Crippen molar-refractivity contribution in [2.45, 2.75) is 20.3 Å². The van der Waals surface area contributed by atoms with Gasteiger partial charge in [-0.15, -0.1) is 0 Å². The summed E-state index contributed by atoms with van der Waals surface area (Å²) in [7, 11) is 0. The van der Waals surface area contributed by atoms with Crippen LogP contribution >= 0.6 is 0 Å². The highest BCUT2D eigenvalue weighted by Crippen LogP contribution is 2.08. The van der Waals surface area contributed by atoms with E-state index in [1.165, 1.54) is 0 Å². The van der Waals surface area contributed by atoms with Gasteiger partial charge < -0.3 is 4.74 Å². The zero-order valence-electron chi connectivity index (χ0n) is 9.14. The van der Waals surface area contributed by atoms with E-state index < -0.39 is 6.09 Å². The number of ether oxygens (including phenoxy) is 1. The lowest BCUT2D eigenvalue weighted by molar-refractivity contribution is 0.199. The first-order chi connectivity index (χ1) is 7.18. The van der Waals surface area contributed by atoms with Crippen LogP contribution in [0.15, 0.2) is 30.3 Å². The lowest BCUT2D eigenvalue weighted by atomic mass is 10.1. The molecular formula is C12H16NO2. The minimum atomic E-state index is -0.512. The van der Waals surface area contributed by atoms with Crippen molar-refractivity contribution >= 4 is 6.09 Å². The molecule has 0 aliphatic rings. The average molecular weight is 206 g/mol. The van der Waals surface area contributed by atoms with Crippen molar-refractivity contribution in [2.24, 2.45) is 5.92 Å². The summed E-state index contributed by atoms with van der Waals surface area (Å²) in [6.45, 7) is 4.72. The Morgan fingerprint density at radius 1 is 1.33 bits per heavy atom. The molecule has 1 rings (SSSR count). The minimum Gasteiger partial charge on any atom is -0.409 e. The number of hydrogen-bond donors (Lipinski definition) is 0. The van der Waals surface area contributed by atoms with Crippen LogP contribution in [0.4, 0.5) is 4.79 Å². The first-order valence-corrected chi connectivity index (χ1v) is 5.13. The highest BCUT2D eigenvalue weighted by atomic mass is 16.5. The van der Waals surface area contributed by atoms with Crippen molar-refractivity contribution in [3.63, 3.8) is 0 Å². The fraction of sp³-hybridized carbons (Fsp3) is 0.417. The molecule has 0 aliphatic heterocycles. The van der Waals surface area contributed by atoms with Gasteiger partial charge in [-0.25, -0.2) is 10.1 Å². The number of amides is 1. The summed E-state index contributed by atoms with van der Waals surface area (Å²) in [5, 5.41) is 3.80. The van der Waals surface area contributed by atoms with Gasteiger partial charge in [0, 0.05) is 6.54 Å². The Bertz CT molecular complexity index is 296. The second-order valence-corrected chi connectivity index (χ2v) is 3.75. The van der Waals surface area contributed by atoms with Crippen LogP contribution < -0.4 is 10.1 Å². The van der Waals surface area contributed by atoms with Gasteiger partial charge >= 0.3 is 6.09 Å². The van der Waals surface area contributed by atoms with Crippen LogP contribution in [0.1, 0.15) is 20.3 Å². The second-order valence-electron chi connectivity index (χ2n) is 3.75. The van der Waals surface area contributed by atoms with Crippen molar-refractivity contribution in [1.29, 1.82) is 0 Å². The molecule has 0 unspecified atom stereocenters. The molecule has 0 saturated carbocycles. The summed E-state index contributed by atoms with van der Waals surface area (Å²) in [6, 6.07) is 8.96. The molecule has 0 aliphatic carbocycles. The van der Waals surface area contributed by atoms with Crippen molar-refractivity contribution in [1.82, 2.24) is 5.32 Å². The number of carbonyl (C=O) groups is 1. The maximum Gasteiger partial charge on any atom is 0.434 e. The smallest absolute Gasteiger partial charge is 0.409 e. The Morgan fingerprint density at radius 3 is 2.60 bits per heavy atom. The van der Waals surface area contributed by atoms with Crippen LogP contribution in [0.2, 0.25) is 0 Å². The molecule has 1 amide bonds. The second kappa shape index (κ2) is 6.06. The molecule has 0 aromatic heterocycles. The monoisotopic (exact) mass is 206 g/mol. The van der Waals surface area contributed by atoms with Crippen molar-refractivity contribution in [3.05, 3.63) is 30.3 Å². The van der Waals surface area contributed by atoms with E-state index in [9.17, 15) is 4.79 Å². The molecule has 1 aromatic rings. The molecule has 1 aromatic carbocycles. The number of nitrogens with zero attached hydrogens (tertiary/aromatic N) is 1. The summed E-state index contributed by atoms with van der Waals surface area (Å²) < 4.78 is 4.99. The first kappa shape index (κ1) is 11.6. The van der Waals surface area contributed by atoms with E-state index in [-0.39, 0.29) is 0 Å². The Kier molecular flexibility index (Phi) is 4.68. The molecule has 0 spiro atoms. The number of hydrogen-bond acceptors (Lipinski definition) is 2. The third-order valence-electron chi connectivity index (χ3n) is 1.90. The highest BCUT2D eigenvalue weighted by Gasteiger charge is 2.05.